The molecule has 1 atom stereocenters. The summed E-state index contributed by atoms with van der Waals surface area (Å²) in [6.07, 6.45) is 13.3. The number of hydrogen-bond donors (Lipinski definition) is 1. The Bertz CT molecular complexity index is 493. The molecule has 2 nitrogen and oxygen atoms in total. The van der Waals surface area contributed by atoms with Crippen molar-refractivity contribution in [3.8, 4) is 5.75 Å². The van der Waals surface area contributed by atoms with Gasteiger partial charge in [0.1, 0.15) is 5.75 Å². The average Bonchev–Trinajstić information content (AvgIpc) is 2.59. The van der Waals surface area contributed by atoms with E-state index in [0.717, 1.165) is 18.8 Å². The van der Waals surface area contributed by atoms with Crippen molar-refractivity contribution in [1.82, 2.24) is 4.90 Å². The number of phenolic OH excluding ortho intramolecular Hbond substituents is 1. The van der Waals surface area contributed by atoms with Crippen LogP contribution in [0, 0.1) is 5.92 Å². The number of rotatable bonds is 6. The fourth-order valence-corrected chi connectivity index (χ4v) is 4.67. The van der Waals surface area contributed by atoms with Crippen LogP contribution in [0.15, 0.2) is 18.2 Å². The van der Waals surface area contributed by atoms with Crippen LogP contribution >= 0.6 is 0 Å². The summed E-state index contributed by atoms with van der Waals surface area (Å²) in [7, 11) is 0. The van der Waals surface area contributed by atoms with Crippen LogP contribution in [-0.4, -0.2) is 29.1 Å². The first-order chi connectivity index (χ1) is 11.3. The Kier molecular flexibility index (Phi) is 5.99. The lowest BCUT2D eigenvalue weighted by atomic mass is 9.85. The van der Waals surface area contributed by atoms with E-state index in [2.05, 4.69) is 17.9 Å². The number of nitrogens with zero attached hydrogens (tertiary/aromatic N) is 1. The Morgan fingerprint density at radius 3 is 2.70 bits per heavy atom. The minimum absolute atomic E-state index is 0.505. The number of benzene rings is 1. The SMILES string of the molecule is CCCN(CCC1CCCCC1)C1CCc2c(O)cccc2C1. The predicted octanol–water partition coefficient (Wildman–Crippen LogP) is 4.93. The second-order valence-corrected chi connectivity index (χ2v) is 7.64. The van der Waals surface area contributed by atoms with E-state index in [1.54, 1.807) is 0 Å². The van der Waals surface area contributed by atoms with Crippen molar-refractivity contribution in [2.24, 2.45) is 5.92 Å². The van der Waals surface area contributed by atoms with Crippen molar-refractivity contribution < 1.29 is 5.11 Å². The second-order valence-electron chi connectivity index (χ2n) is 7.64. The van der Waals surface area contributed by atoms with E-state index < -0.39 is 0 Å². The first-order valence-electron chi connectivity index (χ1n) is 9.81. The van der Waals surface area contributed by atoms with Gasteiger partial charge in [-0.1, -0.05) is 51.2 Å². The van der Waals surface area contributed by atoms with Gasteiger partial charge in [-0.15, -0.1) is 0 Å². The minimum Gasteiger partial charge on any atom is -0.508 e. The number of hydrogen-bond acceptors (Lipinski definition) is 2. The fourth-order valence-electron chi connectivity index (χ4n) is 4.67. The Labute approximate surface area is 141 Å². The summed E-state index contributed by atoms with van der Waals surface area (Å²) >= 11 is 0. The Balaban J connectivity index is 1.60. The van der Waals surface area contributed by atoms with Gasteiger partial charge in [0.15, 0.2) is 0 Å². The largest absolute Gasteiger partial charge is 0.508 e. The molecule has 1 aromatic rings. The molecule has 128 valence electrons. The summed E-state index contributed by atoms with van der Waals surface area (Å²) in [5.74, 6) is 1.48. The van der Waals surface area contributed by atoms with Crippen molar-refractivity contribution >= 4 is 0 Å². The van der Waals surface area contributed by atoms with Gasteiger partial charge in [0.25, 0.3) is 0 Å². The van der Waals surface area contributed by atoms with Crippen molar-refractivity contribution in [3.63, 3.8) is 0 Å². The zero-order valence-corrected chi connectivity index (χ0v) is 14.8. The fraction of sp³-hybridized carbons (Fsp3) is 0.714. The highest BCUT2D eigenvalue weighted by Crippen LogP contribution is 2.32. The molecule has 0 aromatic heterocycles. The van der Waals surface area contributed by atoms with Gasteiger partial charge < -0.3 is 10.0 Å². The lowest BCUT2D eigenvalue weighted by Crippen LogP contribution is -2.41. The summed E-state index contributed by atoms with van der Waals surface area (Å²) in [6.45, 7) is 4.80. The second kappa shape index (κ2) is 8.19. The van der Waals surface area contributed by atoms with Crippen LogP contribution in [0.25, 0.3) is 0 Å². The van der Waals surface area contributed by atoms with E-state index in [-0.39, 0.29) is 0 Å². The van der Waals surface area contributed by atoms with E-state index in [9.17, 15) is 5.11 Å². The maximum absolute atomic E-state index is 10.0. The molecule has 3 rings (SSSR count). The number of aromatic hydroxyl groups is 1. The molecule has 0 radical (unpaired) electrons. The van der Waals surface area contributed by atoms with Gasteiger partial charge in [-0.3, -0.25) is 0 Å². The standard InChI is InChI=1S/C21H33NO/c1-2-14-22(15-13-17-7-4-3-5-8-17)19-11-12-20-18(16-19)9-6-10-21(20)23/h6,9-10,17,19,23H,2-5,7-8,11-16H2,1H3. The molecule has 2 aliphatic carbocycles. The number of fused-ring (bicyclic) bond motifs is 1. The molecule has 0 heterocycles. The lowest BCUT2D eigenvalue weighted by Gasteiger charge is -2.36. The summed E-state index contributed by atoms with van der Waals surface area (Å²) in [4.78, 5) is 2.75. The van der Waals surface area contributed by atoms with E-state index >= 15 is 0 Å². The molecule has 1 aromatic carbocycles. The summed E-state index contributed by atoms with van der Waals surface area (Å²) in [5.41, 5.74) is 2.58. The monoisotopic (exact) mass is 315 g/mol. The van der Waals surface area contributed by atoms with Crippen LogP contribution in [-0.2, 0) is 12.8 Å². The van der Waals surface area contributed by atoms with Crippen LogP contribution in [0.3, 0.4) is 0 Å². The van der Waals surface area contributed by atoms with E-state index in [0.29, 0.717) is 11.8 Å². The predicted molar refractivity (Wildman–Crippen MR) is 97.0 cm³/mol. The summed E-state index contributed by atoms with van der Waals surface area (Å²) in [6, 6.07) is 6.73. The maximum atomic E-state index is 10.0. The molecular weight excluding hydrogens is 282 g/mol. The normalized spacial score (nSPS) is 22.3. The zero-order chi connectivity index (χ0) is 16.1. The van der Waals surface area contributed by atoms with Gasteiger partial charge in [-0.25, -0.2) is 0 Å². The van der Waals surface area contributed by atoms with Gasteiger partial charge in [-0.05, 0) is 68.3 Å². The first-order valence-corrected chi connectivity index (χ1v) is 9.81. The van der Waals surface area contributed by atoms with E-state index in [1.807, 2.05) is 12.1 Å². The first kappa shape index (κ1) is 16.8. The van der Waals surface area contributed by atoms with Gasteiger partial charge in [0.2, 0.25) is 0 Å². The van der Waals surface area contributed by atoms with Crippen LogP contribution in [0.2, 0.25) is 0 Å². The highest BCUT2D eigenvalue weighted by molar-refractivity contribution is 5.41. The lowest BCUT2D eigenvalue weighted by molar-refractivity contribution is 0.160. The van der Waals surface area contributed by atoms with E-state index in [1.165, 1.54) is 75.6 Å². The highest BCUT2D eigenvalue weighted by atomic mass is 16.3. The molecule has 1 saturated carbocycles. The topological polar surface area (TPSA) is 23.5 Å². The molecular formula is C21H33NO. The quantitative estimate of drug-likeness (QED) is 0.804. The maximum Gasteiger partial charge on any atom is 0.119 e. The minimum atomic E-state index is 0.505. The third kappa shape index (κ3) is 4.29. The molecule has 0 aliphatic heterocycles. The van der Waals surface area contributed by atoms with Crippen molar-refractivity contribution in [2.75, 3.05) is 13.1 Å². The van der Waals surface area contributed by atoms with Gasteiger partial charge in [0, 0.05) is 6.04 Å². The molecule has 0 amide bonds. The Hall–Kier alpha value is -1.02. The smallest absolute Gasteiger partial charge is 0.119 e. The third-order valence-electron chi connectivity index (χ3n) is 6.01. The Morgan fingerprint density at radius 1 is 1.09 bits per heavy atom. The number of phenols is 1. The van der Waals surface area contributed by atoms with Gasteiger partial charge in [0.05, 0.1) is 0 Å². The molecule has 0 saturated heterocycles. The van der Waals surface area contributed by atoms with Crippen molar-refractivity contribution in [3.05, 3.63) is 29.3 Å². The van der Waals surface area contributed by atoms with Gasteiger partial charge >= 0.3 is 0 Å². The van der Waals surface area contributed by atoms with E-state index in [4.69, 9.17) is 0 Å². The molecule has 2 heteroatoms. The van der Waals surface area contributed by atoms with Crippen LogP contribution in [0.5, 0.6) is 5.75 Å². The molecule has 0 spiro atoms. The Morgan fingerprint density at radius 2 is 1.91 bits per heavy atom. The molecule has 0 bridgehead atoms. The van der Waals surface area contributed by atoms with Crippen LogP contribution in [0.1, 0.15) is 69.4 Å². The third-order valence-corrected chi connectivity index (χ3v) is 6.01. The van der Waals surface area contributed by atoms with Crippen LogP contribution in [0.4, 0.5) is 0 Å². The molecule has 1 N–H and O–H groups in total. The van der Waals surface area contributed by atoms with Crippen molar-refractivity contribution in [2.45, 2.75) is 77.2 Å². The molecule has 1 fully saturated rings. The van der Waals surface area contributed by atoms with Crippen LogP contribution < -0.4 is 0 Å². The molecule has 23 heavy (non-hydrogen) atoms. The molecule has 1 unspecified atom stereocenters. The average molecular weight is 316 g/mol. The highest BCUT2D eigenvalue weighted by Gasteiger charge is 2.26. The van der Waals surface area contributed by atoms with Gasteiger partial charge in [-0.2, -0.15) is 0 Å². The van der Waals surface area contributed by atoms with Crippen molar-refractivity contribution in [1.29, 1.82) is 0 Å². The molecule has 2 aliphatic rings. The summed E-state index contributed by atoms with van der Waals surface area (Å²) < 4.78 is 0. The zero-order valence-electron chi connectivity index (χ0n) is 14.8. The summed E-state index contributed by atoms with van der Waals surface area (Å²) in [5, 5.41) is 10.0.